The van der Waals surface area contributed by atoms with Gasteiger partial charge in [0.1, 0.15) is 17.3 Å². The van der Waals surface area contributed by atoms with Gasteiger partial charge in [0.15, 0.2) is 0 Å². The van der Waals surface area contributed by atoms with Crippen molar-refractivity contribution in [1.82, 2.24) is 19.9 Å². The van der Waals surface area contributed by atoms with E-state index in [9.17, 15) is 4.79 Å². The number of hydrogen-bond acceptors (Lipinski definition) is 6. The largest absolute Gasteiger partial charge is 0.497 e. The maximum Gasteiger partial charge on any atom is 0.251 e. The normalized spacial score (nSPS) is 16.9. The smallest absolute Gasteiger partial charge is 0.251 e. The van der Waals surface area contributed by atoms with Crippen LogP contribution >= 0.6 is 0 Å². The summed E-state index contributed by atoms with van der Waals surface area (Å²) >= 11 is 0. The van der Waals surface area contributed by atoms with E-state index in [1.54, 1.807) is 32.7 Å². The van der Waals surface area contributed by atoms with Gasteiger partial charge in [0.05, 0.1) is 19.9 Å². The molecule has 1 atom stereocenters. The predicted molar refractivity (Wildman–Crippen MR) is 115 cm³/mol. The molecule has 1 aliphatic heterocycles. The van der Waals surface area contributed by atoms with Crippen molar-refractivity contribution in [3.63, 3.8) is 0 Å². The monoisotopic (exact) mass is 406 g/mol. The topological polar surface area (TPSA) is 80.3 Å². The average Bonchev–Trinajstić information content (AvgIpc) is 2.79. The number of benzene rings is 1. The number of pyridine rings is 1. The average molecular weight is 406 g/mol. The SMILES string of the molecule is COc1ccc(OC)c(CN2CCCC(c3cc(=O)[nH]c(-c4cccnc4)n3)C2)c1. The third-order valence-corrected chi connectivity index (χ3v) is 5.50. The molecule has 3 aromatic rings. The van der Waals surface area contributed by atoms with Gasteiger partial charge in [-0.15, -0.1) is 0 Å². The summed E-state index contributed by atoms with van der Waals surface area (Å²) in [4.78, 5) is 26.4. The maximum atomic E-state index is 12.3. The summed E-state index contributed by atoms with van der Waals surface area (Å²) in [6, 6.07) is 11.2. The fraction of sp³-hybridized carbons (Fsp3) is 0.348. The Morgan fingerprint density at radius 3 is 2.87 bits per heavy atom. The quantitative estimate of drug-likeness (QED) is 0.677. The molecule has 156 valence electrons. The molecule has 7 heteroatoms. The Kier molecular flexibility index (Phi) is 6.09. The van der Waals surface area contributed by atoms with E-state index in [-0.39, 0.29) is 11.5 Å². The van der Waals surface area contributed by atoms with Crippen LogP contribution < -0.4 is 15.0 Å². The number of aromatic amines is 1. The number of hydrogen-bond donors (Lipinski definition) is 1. The van der Waals surface area contributed by atoms with Gasteiger partial charge in [0.25, 0.3) is 5.56 Å². The van der Waals surface area contributed by atoms with E-state index >= 15 is 0 Å². The highest BCUT2D eigenvalue weighted by Crippen LogP contribution is 2.30. The number of piperidine rings is 1. The highest BCUT2D eigenvalue weighted by atomic mass is 16.5. The van der Waals surface area contributed by atoms with E-state index in [0.29, 0.717) is 5.82 Å². The van der Waals surface area contributed by atoms with Crippen molar-refractivity contribution in [2.45, 2.75) is 25.3 Å². The molecule has 0 bridgehead atoms. The van der Waals surface area contributed by atoms with Gasteiger partial charge in [-0.1, -0.05) is 0 Å². The summed E-state index contributed by atoms with van der Waals surface area (Å²) in [5.41, 5.74) is 2.60. The molecule has 1 saturated heterocycles. The Morgan fingerprint density at radius 2 is 2.10 bits per heavy atom. The van der Waals surface area contributed by atoms with E-state index in [0.717, 1.165) is 60.8 Å². The second-order valence-corrected chi connectivity index (χ2v) is 7.51. The van der Waals surface area contributed by atoms with Gasteiger partial charge in [-0.05, 0) is 49.7 Å². The lowest BCUT2D eigenvalue weighted by atomic mass is 9.94. The molecule has 0 spiro atoms. The van der Waals surface area contributed by atoms with Crippen molar-refractivity contribution in [3.05, 3.63) is 70.4 Å². The van der Waals surface area contributed by atoms with Crippen LogP contribution in [0.25, 0.3) is 11.4 Å². The Labute approximate surface area is 175 Å². The van der Waals surface area contributed by atoms with Gasteiger partial charge in [-0.25, -0.2) is 4.98 Å². The first-order chi connectivity index (χ1) is 14.7. The first-order valence-corrected chi connectivity index (χ1v) is 10.1. The summed E-state index contributed by atoms with van der Waals surface area (Å²) in [7, 11) is 3.35. The molecule has 4 rings (SSSR count). The number of rotatable bonds is 6. The minimum absolute atomic E-state index is 0.134. The van der Waals surface area contributed by atoms with Crippen molar-refractivity contribution < 1.29 is 9.47 Å². The number of nitrogens with one attached hydrogen (secondary N) is 1. The maximum absolute atomic E-state index is 12.3. The summed E-state index contributed by atoms with van der Waals surface area (Å²) in [5.74, 6) is 2.44. The van der Waals surface area contributed by atoms with Gasteiger partial charge in [-0.2, -0.15) is 0 Å². The minimum atomic E-state index is -0.134. The van der Waals surface area contributed by atoms with Crippen LogP contribution in [0.1, 0.15) is 30.0 Å². The Morgan fingerprint density at radius 1 is 1.20 bits per heavy atom. The lowest BCUT2D eigenvalue weighted by Gasteiger charge is -2.32. The number of methoxy groups -OCH3 is 2. The van der Waals surface area contributed by atoms with Gasteiger partial charge < -0.3 is 14.5 Å². The zero-order valence-electron chi connectivity index (χ0n) is 17.3. The predicted octanol–water partition coefficient (Wildman–Crippen LogP) is 3.23. The van der Waals surface area contributed by atoms with Crippen LogP contribution in [0.2, 0.25) is 0 Å². The molecule has 0 aliphatic carbocycles. The van der Waals surface area contributed by atoms with Crippen molar-refractivity contribution in [2.24, 2.45) is 0 Å². The fourth-order valence-corrected chi connectivity index (χ4v) is 4.01. The molecule has 0 saturated carbocycles. The second-order valence-electron chi connectivity index (χ2n) is 7.51. The molecule has 1 aliphatic rings. The highest BCUT2D eigenvalue weighted by Gasteiger charge is 2.24. The van der Waals surface area contributed by atoms with E-state index < -0.39 is 0 Å². The van der Waals surface area contributed by atoms with Crippen LogP contribution in [0.4, 0.5) is 0 Å². The van der Waals surface area contributed by atoms with Crippen molar-refractivity contribution >= 4 is 0 Å². The number of ether oxygens (including phenoxy) is 2. The Balaban J connectivity index is 1.55. The molecule has 1 N–H and O–H groups in total. The van der Waals surface area contributed by atoms with Gasteiger partial charge in [0, 0.05) is 48.6 Å². The van der Waals surface area contributed by atoms with Crippen LogP contribution in [0.5, 0.6) is 11.5 Å². The molecule has 1 aromatic carbocycles. The summed E-state index contributed by atoms with van der Waals surface area (Å²) in [6.45, 7) is 2.59. The molecular formula is C23H26N4O3. The molecule has 1 unspecified atom stereocenters. The third kappa shape index (κ3) is 4.52. The highest BCUT2D eigenvalue weighted by molar-refractivity contribution is 5.52. The number of likely N-dealkylation sites (tertiary alicyclic amines) is 1. The standard InChI is InChI=1S/C23H26N4O3/c1-29-19-7-8-21(30-2)18(11-19)15-27-10-4-6-17(14-27)20-12-22(28)26-23(25-20)16-5-3-9-24-13-16/h3,5,7-9,11-13,17H,4,6,10,14-15H2,1-2H3,(H,25,26,28). The molecule has 30 heavy (non-hydrogen) atoms. The molecule has 0 radical (unpaired) electrons. The summed E-state index contributed by atoms with van der Waals surface area (Å²) in [5, 5.41) is 0. The Bertz CT molecular complexity index is 1050. The van der Waals surface area contributed by atoms with Crippen molar-refractivity contribution in [3.8, 4) is 22.9 Å². The number of nitrogens with zero attached hydrogens (tertiary/aromatic N) is 3. The zero-order valence-corrected chi connectivity index (χ0v) is 17.3. The van der Waals surface area contributed by atoms with Crippen molar-refractivity contribution in [2.75, 3.05) is 27.3 Å². The first kappa shape index (κ1) is 20.1. The van der Waals surface area contributed by atoms with Crippen LogP contribution in [-0.2, 0) is 6.54 Å². The Hall–Kier alpha value is -3.19. The lowest BCUT2D eigenvalue weighted by Crippen LogP contribution is -2.34. The summed E-state index contributed by atoms with van der Waals surface area (Å²) < 4.78 is 10.9. The molecule has 2 aromatic heterocycles. The van der Waals surface area contributed by atoms with Crippen LogP contribution in [0.3, 0.4) is 0 Å². The zero-order chi connectivity index (χ0) is 20.9. The minimum Gasteiger partial charge on any atom is -0.497 e. The van der Waals surface area contributed by atoms with Gasteiger partial charge in [0.2, 0.25) is 0 Å². The third-order valence-electron chi connectivity index (χ3n) is 5.50. The molecule has 7 nitrogen and oxygen atoms in total. The molecular weight excluding hydrogens is 380 g/mol. The van der Waals surface area contributed by atoms with E-state index in [1.165, 1.54) is 0 Å². The number of H-pyrrole nitrogens is 1. The fourth-order valence-electron chi connectivity index (χ4n) is 4.01. The lowest BCUT2D eigenvalue weighted by molar-refractivity contribution is 0.196. The van der Waals surface area contributed by atoms with E-state index in [2.05, 4.69) is 14.9 Å². The van der Waals surface area contributed by atoms with Crippen molar-refractivity contribution in [1.29, 1.82) is 0 Å². The van der Waals surface area contributed by atoms with Crippen LogP contribution in [0.15, 0.2) is 53.6 Å². The second kappa shape index (κ2) is 9.09. The van der Waals surface area contributed by atoms with Crippen LogP contribution in [-0.4, -0.2) is 47.2 Å². The van der Waals surface area contributed by atoms with Gasteiger partial charge in [-0.3, -0.25) is 14.7 Å². The summed E-state index contributed by atoms with van der Waals surface area (Å²) in [6.07, 6.45) is 5.48. The first-order valence-electron chi connectivity index (χ1n) is 10.1. The molecule has 3 heterocycles. The van der Waals surface area contributed by atoms with E-state index in [4.69, 9.17) is 14.5 Å². The van der Waals surface area contributed by atoms with Gasteiger partial charge >= 0.3 is 0 Å². The molecule has 1 fully saturated rings. The van der Waals surface area contributed by atoms with Crippen LogP contribution in [0, 0.1) is 0 Å². The van der Waals surface area contributed by atoms with E-state index in [1.807, 2.05) is 30.3 Å². The molecule has 0 amide bonds. The number of aromatic nitrogens is 3.